The minimum absolute atomic E-state index is 0.136. The van der Waals surface area contributed by atoms with Crippen LogP contribution in [-0.4, -0.2) is 44.5 Å². The van der Waals surface area contributed by atoms with E-state index in [-0.39, 0.29) is 31.1 Å². The number of benzene rings is 2. The highest BCUT2D eigenvalue weighted by Gasteiger charge is 2.31. The smallest absolute Gasteiger partial charge is 0.408 e. The maximum absolute atomic E-state index is 12.6. The summed E-state index contributed by atoms with van der Waals surface area (Å²) in [6, 6.07) is 15.4. The number of hydrogen-bond acceptors (Lipinski definition) is 9. The van der Waals surface area contributed by atoms with E-state index in [1.807, 2.05) is 30.3 Å². The Morgan fingerprint density at radius 2 is 1.90 bits per heavy atom. The van der Waals surface area contributed by atoms with Gasteiger partial charge in [0.05, 0.1) is 11.9 Å². The van der Waals surface area contributed by atoms with Gasteiger partial charge in [-0.15, -0.1) is 0 Å². The maximum atomic E-state index is 12.6. The zero-order chi connectivity index (χ0) is 27.8. The van der Waals surface area contributed by atoms with Crippen molar-refractivity contribution in [3.8, 4) is 22.5 Å². The van der Waals surface area contributed by atoms with E-state index >= 15 is 0 Å². The first-order valence-electron chi connectivity index (χ1n) is 12.5. The van der Waals surface area contributed by atoms with Crippen molar-refractivity contribution in [2.24, 2.45) is 0 Å². The van der Waals surface area contributed by atoms with Crippen LogP contribution in [-0.2, 0) is 16.0 Å². The van der Waals surface area contributed by atoms with Gasteiger partial charge in [-0.1, -0.05) is 29.4 Å². The number of pyridine rings is 1. The Kier molecular flexibility index (Phi) is 6.27. The van der Waals surface area contributed by atoms with Crippen LogP contribution >= 0.6 is 0 Å². The zero-order valence-corrected chi connectivity index (χ0v) is 21.2. The second-order valence-corrected chi connectivity index (χ2v) is 9.29. The van der Waals surface area contributed by atoms with E-state index in [4.69, 9.17) is 8.94 Å². The molecule has 200 valence electrons. The standard InChI is InChI=1S/C28H22N6O6/c1-29-26(36)19-14-17(9-10-30-19)16-3-2-4-18(13-16)25-32-24(40-33-25)12-15-5-7-22-21(11-15)34(28(38)39-22)20-6-8-23(35)31-27(20)37/h2-5,7,9-11,13-14,20H,6,8,12H2,1H3,(H,29,36)(H,31,35,37). The van der Waals surface area contributed by atoms with Gasteiger partial charge in [-0.25, -0.2) is 4.79 Å². The summed E-state index contributed by atoms with van der Waals surface area (Å²) >= 11 is 0. The molecule has 12 nitrogen and oxygen atoms in total. The maximum Gasteiger partial charge on any atom is 0.420 e. The van der Waals surface area contributed by atoms with Crippen molar-refractivity contribution >= 4 is 28.8 Å². The monoisotopic (exact) mass is 538 g/mol. The second kappa shape index (κ2) is 10.1. The third-order valence-electron chi connectivity index (χ3n) is 6.70. The summed E-state index contributed by atoms with van der Waals surface area (Å²) in [6.07, 6.45) is 2.20. The first kappa shape index (κ1) is 24.9. The normalized spacial score (nSPS) is 15.3. The third kappa shape index (κ3) is 4.66. The molecule has 0 aliphatic carbocycles. The van der Waals surface area contributed by atoms with Gasteiger partial charge in [0.25, 0.3) is 5.91 Å². The first-order valence-corrected chi connectivity index (χ1v) is 12.5. The Bertz CT molecular complexity index is 1850. The molecule has 2 aromatic carbocycles. The van der Waals surface area contributed by atoms with Crippen LogP contribution in [0.5, 0.6) is 0 Å². The average molecular weight is 539 g/mol. The number of nitrogens with one attached hydrogen (secondary N) is 2. The molecule has 12 heteroatoms. The van der Waals surface area contributed by atoms with Gasteiger partial charge in [0, 0.05) is 25.2 Å². The van der Waals surface area contributed by atoms with Crippen LogP contribution in [0.2, 0.25) is 0 Å². The van der Waals surface area contributed by atoms with Crippen LogP contribution in [0, 0.1) is 0 Å². The number of oxazole rings is 1. The van der Waals surface area contributed by atoms with Gasteiger partial charge in [-0.05, 0) is 53.4 Å². The van der Waals surface area contributed by atoms with Crippen LogP contribution in [0.15, 0.2) is 74.5 Å². The Balaban J connectivity index is 1.26. The Morgan fingerprint density at radius 1 is 1.07 bits per heavy atom. The zero-order valence-electron chi connectivity index (χ0n) is 21.2. The SMILES string of the molecule is CNC(=O)c1cc(-c2cccc(-c3noc(Cc4ccc5oc(=O)n(C6CCC(=O)NC6=O)c5c4)n3)c2)ccn1. The van der Waals surface area contributed by atoms with Crippen molar-refractivity contribution in [2.75, 3.05) is 7.05 Å². The molecule has 40 heavy (non-hydrogen) atoms. The highest BCUT2D eigenvalue weighted by molar-refractivity contribution is 6.00. The van der Waals surface area contributed by atoms with Crippen molar-refractivity contribution in [1.29, 1.82) is 0 Å². The van der Waals surface area contributed by atoms with Crippen LogP contribution < -0.4 is 16.4 Å². The molecule has 0 saturated carbocycles. The number of aromatic nitrogens is 4. The molecular formula is C28H22N6O6. The Hall–Kier alpha value is -5.39. The molecule has 1 fully saturated rings. The molecule has 1 atom stereocenters. The van der Waals surface area contributed by atoms with E-state index in [1.54, 1.807) is 37.5 Å². The fraction of sp³-hybridized carbons (Fsp3) is 0.179. The van der Waals surface area contributed by atoms with Crippen LogP contribution in [0.1, 0.15) is 40.8 Å². The molecule has 1 unspecified atom stereocenters. The fourth-order valence-corrected chi connectivity index (χ4v) is 4.73. The minimum atomic E-state index is -0.836. The van der Waals surface area contributed by atoms with E-state index in [1.165, 1.54) is 4.57 Å². The van der Waals surface area contributed by atoms with Crippen molar-refractivity contribution in [1.82, 2.24) is 30.3 Å². The molecule has 6 rings (SSSR count). The molecule has 0 spiro atoms. The topological polar surface area (TPSA) is 162 Å². The lowest BCUT2D eigenvalue weighted by molar-refractivity contribution is -0.135. The number of piperidine rings is 1. The molecule has 3 aromatic heterocycles. The summed E-state index contributed by atoms with van der Waals surface area (Å²) in [4.78, 5) is 57.1. The van der Waals surface area contributed by atoms with Crippen molar-refractivity contribution < 1.29 is 23.3 Å². The molecule has 1 aliphatic heterocycles. The number of nitrogens with zero attached hydrogens (tertiary/aromatic N) is 4. The number of carbonyl (C=O) groups is 3. The summed E-state index contributed by atoms with van der Waals surface area (Å²) in [6.45, 7) is 0. The summed E-state index contributed by atoms with van der Waals surface area (Å²) < 4.78 is 12.1. The molecule has 1 aliphatic rings. The van der Waals surface area contributed by atoms with Crippen molar-refractivity contribution in [3.05, 3.63) is 88.5 Å². The molecule has 1 saturated heterocycles. The van der Waals surface area contributed by atoms with Crippen LogP contribution in [0.4, 0.5) is 0 Å². The van der Waals surface area contributed by atoms with E-state index < -0.39 is 17.7 Å². The van der Waals surface area contributed by atoms with Crippen molar-refractivity contribution in [3.63, 3.8) is 0 Å². The van der Waals surface area contributed by atoms with Gasteiger partial charge in [0.15, 0.2) is 5.58 Å². The summed E-state index contributed by atoms with van der Waals surface area (Å²) in [7, 11) is 1.55. The highest BCUT2D eigenvalue weighted by Crippen LogP contribution is 2.27. The molecule has 4 heterocycles. The molecule has 5 aromatic rings. The first-order chi connectivity index (χ1) is 19.4. The molecule has 0 radical (unpaired) electrons. The largest absolute Gasteiger partial charge is 0.420 e. The number of imide groups is 1. The van der Waals surface area contributed by atoms with Gasteiger partial charge in [0.1, 0.15) is 11.7 Å². The predicted molar refractivity (Wildman–Crippen MR) is 141 cm³/mol. The predicted octanol–water partition coefficient (Wildman–Crippen LogP) is 2.63. The summed E-state index contributed by atoms with van der Waals surface area (Å²) in [5.41, 5.74) is 4.24. The number of carbonyl (C=O) groups excluding carboxylic acids is 3. The van der Waals surface area contributed by atoms with Gasteiger partial charge in [-0.3, -0.25) is 29.3 Å². The third-order valence-corrected chi connectivity index (χ3v) is 6.70. The molecule has 3 amide bonds. The van der Waals surface area contributed by atoms with E-state index in [2.05, 4.69) is 25.8 Å². The summed E-state index contributed by atoms with van der Waals surface area (Å²) in [5, 5.41) is 8.97. The van der Waals surface area contributed by atoms with Gasteiger partial charge < -0.3 is 14.3 Å². The van der Waals surface area contributed by atoms with Gasteiger partial charge >= 0.3 is 5.76 Å². The van der Waals surface area contributed by atoms with Gasteiger partial charge in [0.2, 0.25) is 23.5 Å². The number of amides is 3. The molecular weight excluding hydrogens is 516 g/mol. The lowest BCUT2D eigenvalue weighted by Crippen LogP contribution is -2.43. The van der Waals surface area contributed by atoms with Crippen LogP contribution in [0.3, 0.4) is 0 Å². The van der Waals surface area contributed by atoms with Crippen LogP contribution in [0.25, 0.3) is 33.6 Å². The fourth-order valence-electron chi connectivity index (χ4n) is 4.73. The minimum Gasteiger partial charge on any atom is -0.408 e. The quantitative estimate of drug-likeness (QED) is 0.310. The average Bonchev–Trinajstić information content (AvgIpc) is 3.56. The lowest BCUT2D eigenvalue weighted by atomic mass is 10.0. The van der Waals surface area contributed by atoms with Gasteiger partial charge in [-0.2, -0.15) is 4.98 Å². The molecule has 0 bridgehead atoms. The number of fused-ring (bicyclic) bond motifs is 1. The van der Waals surface area contributed by atoms with E-state index in [0.717, 1.165) is 22.3 Å². The Morgan fingerprint density at radius 3 is 2.73 bits per heavy atom. The van der Waals surface area contributed by atoms with Crippen molar-refractivity contribution in [2.45, 2.75) is 25.3 Å². The highest BCUT2D eigenvalue weighted by atomic mass is 16.5. The summed E-state index contributed by atoms with van der Waals surface area (Å²) in [5.74, 6) is -1.10. The van der Waals surface area contributed by atoms with E-state index in [9.17, 15) is 19.2 Å². The lowest BCUT2D eigenvalue weighted by Gasteiger charge is -2.21. The molecule has 2 N–H and O–H groups in total. The second-order valence-electron chi connectivity index (χ2n) is 9.29. The Labute approximate surface area is 226 Å². The number of rotatable bonds is 6. The number of hydrogen-bond donors (Lipinski definition) is 2. The van der Waals surface area contributed by atoms with E-state index in [0.29, 0.717) is 28.5 Å².